The number of esters is 1. The van der Waals surface area contributed by atoms with Crippen molar-refractivity contribution in [1.29, 1.82) is 0 Å². The molecule has 3 rings (SSSR count). The van der Waals surface area contributed by atoms with Crippen LogP contribution in [-0.2, 0) is 29.6 Å². The van der Waals surface area contributed by atoms with E-state index in [2.05, 4.69) is 14.4 Å². The lowest BCUT2D eigenvalue weighted by molar-refractivity contribution is -0.140. The Balaban J connectivity index is 1.81. The molecule has 1 N–H and O–H groups in total. The summed E-state index contributed by atoms with van der Waals surface area (Å²) in [5, 5.41) is 1.26. The first-order valence-electron chi connectivity index (χ1n) is 10.0. The number of hydrogen-bond acceptors (Lipinski definition) is 7. The van der Waals surface area contributed by atoms with E-state index in [1.165, 1.54) is 23.7 Å². The van der Waals surface area contributed by atoms with Crippen LogP contribution in [0.25, 0.3) is 10.8 Å². The maximum absolute atomic E-state index is 13.2. The summed E-state index contributed by atoms with van der Waals surface area (Å²) < 4.78 is 59.6. The van der Waals surface area contributed by atoms with Gasteiger partial charge in [-0.25, -0.2) is 21.6 Å². The Hall–Kier alpha value is -2.08. The van der Waals surface area contributed by atoms with Crippen molar-refractivity contribution in [3.8, 4) is 0 Å². The maximum Gasteiger partial charge on any atom is 0.305 e. The van der Waals surface area contributed by atoms with Crippen LogP contribution in [0.5, 0.6) is 0 Å². The van der Waals surface area contributed by atoms with E-state index in [1.54, 1.807) is 24.4 Å². The van der Waals surface area contributed by atoms with Gasteiger partial charge in [-0.15, -0.1) is 0 Å². The van der Waals surface area contributed by atoms with Crippen LogP contribution in [-0.4, -0.2) is 64.1 Å². The summed E-state index contributed by atoms with van der Waals surface area (Å²) in [5.74, 6) is -0.325. The quantitative estimate of drug-likeness (QED) is 0.437. The van der Waals surface area contributed by atoms with Crippen molar-refractivity contribution in [1.82, 2.24) is 14.0 Å². The summed E-state index contributed by atoms with van der Waals surface area (Å²) in [5.41, 5.74) is 0. The van der Waals surface area contributed by atoms with E-state index in [9.17, 15) is 21.6 Å². The van der Waals surface area contributed by atoms with Gasteiger partial charge in [0.05, 0.1) is 18.3 Å². The van der Waals surface area contributed by atoms with Crippen LogP contribution < -0.4 is 4.72 Å². The third kappa shape index (κ3) is 5.59. The summed E-state index contributed by atoms with van der Waals surface area (Å²) in [6, 6.07) is 5.53. The number of methoxy groups -OCH3 is 1. The van der Waals surface area contributed by atoms with Crippen molar-refractivity contribution in [2.45, 2.75) is 49.1 Å². The molecule has 0 unspecified atom stereocenters. The molecule has 0 saturated carbocycles. The molecule has 11 heteroatoms. The number of nitrogens with zero attached hydrogens (tertiary/aromatic N) is 2. The number of hydrogen-bond donors (Lipinski definition) is 1. The summed E-state index contributed by atoms with van der Waals surface area (Å²) in [7, 11) is -6.07. The Labute approximate surface area is 182 Å². The molecule has 0 spiro atoms. The first kappa shape index (κ1) is 23.6. The molecular weight excluding hydrogens is 442 g/mol. The van der Waals surface area contributed by atoms with E-state index in [-0.39, 0.29) is 23.8 Å². The van der Waals surface area contributed by atoms with Gasteiger partial charge in [-0.3, -0.25) is 9.78 Å². The number of pyridine rings is 1. The summed E-state index contributed by atoms with van der Waals surface area (Å²) >= 11 is 0. The molecule has 9 nitrogen and oxygen atoms in total. The largest absolute Gasteiger partial charge is 0.469 e. The summed E-state index contributed by atoms with van der Waals surface area (Å²) in [4.78, 5) is 15.5. The van der Waals surface area contributed by atoms with Gasteiger partial charge in [0.1, 0.15) is 0 Å². The van der Waals surface area contributed by atoms with Crippen molar-refractivity contribution in [3.05, 3.63) is 36.7 Å². The van der Waals surface area contributed by atoms with Crippen LogP contribution >= 0.6 is 0 Å². The van der Waals surface area contributed by atoms with Gasteiger partial charge in [-0.05, 0) is 31.4 Å². The molecule has 170 valence electrons. The number of carbonyl (C=O) groups excluding carboxylic acids is 1. The molecule has 1 aliphatic heterocycles. The zero-order valence-electron chi connectivity index (χ0n) is 17.5. The van der Waals surface area contributed by atoms with E-state index in [1.807, 2.05) is 0 Å². The second-order valence-electron chi connectivity index (χ2n) is 7.63. The van der Waals surface area contributed by atoms with Gasteiger partial charge in [0.25, 0.3) is 0 Å². The molecule has 2 heterocycles. The number of ether oxygens (including phenoxy) is 1. The molecule has 0 aliphatic carbocycles. The first-order chi connectivity index (χ1) is 14.6. The Morgan fingerprint density at radius 2 is 2.00 bits per heavy atom. The van der Waals surface area contributed by atoms with E-state index in [4.69, 9.17) is 0 Å². The fourth-order valence-electron chi connectivity index (χ4n) is 4.03. The van der Waals surface area contributed by atoms with E-state index in [0.717, 1.165) is 6.26 Å². The molecule has 2 aromatic rings. The second-order valence-corrected chi connectivity index (χ2v) is 11.2. The number of aromatic nitrogens is 1. The molecule has 0 bridgehead atoms. The topological polar surface area (TPSA) is 123 Å². The van der Waals surface area contributed by atoms with Crippen molar-refractivity contribution in [2.75, 3.05) is 19.9 Å². The maximum atomic E-state index is 13.2. The molecule has 31 heavy (non-hydrogen) atoms. The summed E-state index contributed by atoms with van der Waals surface area (Å²) in [6.45, 7) is 0.243. The van der Waals surface area contributed by atoms with Gasteiger partial charge in [-0.1, -0.05) is 18.6 Å². The zero-order valence-corrected chi connectivity index (χ0v) is 19.2. The minimum absolute atomic E-state index is 0.134. The van der Waals surface area contributed by atoms with Gasteiger partial charge in [-0.2, -0.15) is 4.31 Å². The third-order valence-corrected chi connectivity index (χ3v) is 8.37. The standard InChI is InChI=1S/C20H27N3O6S2/c1-29-20(24)9-4-3-7-18-17(11-13-23(18)30(2,25)26)22-31(27,28)19-8-5-6-15-14-21-12-10-16(15)19/h5-6,8,10,12,14,17-18,22H,3-4,7,9,11,13H2,1-2H3/t17-,18+/m0/s1. The SMILES string of the molecule is COC(=O)CCCC[C@@H]1[C@@H](NS(=O)(=O)c2cccc3cnccc23)CCN1S(C)(=O)=O. The van der Waals surface area contributed by atoms with Crippen LogP contribution in [0, 0.1) is 0 Å². The molecule has 2 atom stereocenters. The number of rotatable bonds is 9. The highest BCUT2D eigenvalue weighted by atomic mass is 32.2. The molecule has 1 fully saturated rings. The molecule has 1 aliphatic rings. The number of fused-ring (bicyclic) bond motifs is 1. The Bertz CT molecular complexity index is 1150. The van der Waals surface area contributed by atoms with Gasteiger partial charge in [0.2, 0.25) is 20.0 Å². The number of sulfonamides is 2. The molecule has 0 amide bonds. The predicted molar refractivity (Wildman–Crippen MR) is 116 cm³/mol. The van der Waals surface area contributed by atoms with Crippen LogP contribution in [0.1, 0.15) is 32.1 Å². The number of unbranched alkanes of at least 4 members (excludes halogenated alkanes) is 1. The monoisotopic (exact) mass is 469 g/mol. The first-order valence-corrected chi connectivity index (χ1v) is 13.4. The van der Waals surface area contributed by atoms with E-state index < -0.39 is 32.1 Å². The van der Waals surface area contributed by atoms with Gasteiger partial charge >= 0.3 is 5.97 Å². The predicted octanol–water partition coefficient (Wildman–Crippen LogP) is 1.65. The normalized spacial score (nSPS) is 20.2. The van der Waals surface area contributed by atoms with Crippen molar-refractivity contribution in [3.63, 3.8) is 0 Å². The van der Waals surface area contributed by atoms with Gasteiger partial charge in [0.15, 0.2) is 0 Å². The van der Waals surface area contributed by atoms with Crippen LogP contribution in [0.4, 0.5) is 0 Å². The number of nitrogens with one attached hydrogen (secondary N) is 1. The molecule has 1 aromatic carbocycles. The lowest BCUT2D eigenvalue weighted by Gasteiger charge is -2.27. The second kappa shape index (κ2) is 9.60. The molecule has 0 radical (unpaired) electrons. The lowest BCUT2D eigenvalue weighted by atomic mass is 10.0. The lowest BCUT2D eigenvalue weighted by Crippen LogP contribution is -2.46. The van der Waals surface area contributed by atoms with Gasteiger partial charge in [0, 0.05) is 48.2 Å². The van der Waals surface area contributed by atoms with E-state index in [0.29, 0.717) is 36.5 Å². The fourth-order valence-corrected chi connectivity index (χ4v) is 6.75. The number of benzene rings is 1. The minimum Gasteiger partial charge on any atom is -0.469 e. The highest BCUT2D eigenvalue weighted by Gasteiger charge is 2.40. The average Bonchev–Trinajstić information content (AvgIpc) is 3.12. The smallest absolute Gasteiger partial charge is 0.305 e. The van der Waals surface area contributed by atoms with Gasteiger partial charge < -0.3 is 4.74 Å². The van der Waals surface area contributed by atoms with Crippen molar-refractivity contribution >= 4 is 36.8 Å². The van der Waals surface area contributed by atoms with Crippen LogP contribution in [0.3, 0.4) is 0 Å². The molecule has 1 aromatic heterocycles. The number of carbonyl (C=O) groups is 1. The fraction of sp³-hybridized carbons (Fsp3) is 0.500. The molecule has 1 saturated heterocycles. The Morgan fingerprint density at radius 3 is 2.71 bits per heavy atom. The Morgan fingerprint density at radius 1 is 1.23 bits per heavy atom. The summed E-state index contributed by atoms with van der Waals surface area (Å²) in [6.07, 6.45) is 6.43. The average molecular weight is 470 g/mol. The highest BCUT2D eigenvalue weighted by Crippen LogP contribution is 2.28. The Kier molecular flexibility index (Phi) is 7.30. The molecular formula is C20H27N3O6S2. The van der Waals surface area contributed by atoms with Crippen LogP contribution in [0.15, 0.2) is 41.6 Å². The zero-order chi connectivity index (χ0) is 22.6. The van der Waals surface area contributed by atoms with Crippen molar-refractivity contribution < 1.29 is 26.4 Å². The van der Waals surface area contributed by atoms with E-state index >= 15 is 0 Å². The third-order valence-electron chi connectivity index (χ3n) is 5.52. The van der Waals surface area contributed by atoms with Crippen molar-refractivity contribution in [2.24, 2.45) is 0 Å². The van der Waals surface area contributed by atoms with Crippen LogP contribution in [0.2, 0.25) is 0 Å². The minimum atomic E-state index is -3.89. The highest BCUT2D eigenvalue weighted by molar-refractivity contribution is 7.89.